The number of nitro groups is 1. The van der Waals surface area contributed by atoms with E-state index in [0.717, 1.165) is 11.8 Å². The maximum Gasteiger partial charge on any atom is 0.283 e. The normalized spacial score (nSPS) is 10.6. The minimum Gasteiger partial charge on any atom is -0.497 e. The largest absolute Gasteiger partial charge is 0.497 e. The van der Waals surface area contributed by atoms with E-state index >= 15 is 0 Å². The van der Waals surface area contributed by atoms with Gasteiger partial charge in [-0.2, -0.15) is 5.10 Å². The highest BCUT2D eigenvalue weighted by Gasteiger charge is 2.17. The van der Waals surface area contributed by atoms with Gasteiger partial charge in [0.2, 0.25) is 5.91 Å². The average molecular weight is 495 g/mol. The number of nitrogens with one attached hydrogen (secondary N) is 2. The molecule has 180 valence electrons. The zero-order valence-corrected chi connectivity index (χ0v) is 19.9. The molecular formula is C24H22N4O6S. The zero-order chi connectivity index (χ0) is 25.4. The first-order chi connectivity index (χ1) is 16.8. The molecule has 0 atom stereocenters. The summed E-state index contributed by atoms with van der Waals surface area (Å²) in [5, 5.41) is 18.3. The van der Waals surface area contributed by atoms with E-state index < -0.39 is 10.8 Å². The van der Waals surface area contributed by atoms with Crippen molar-refractivity contribution in [1.29, 1.82) is 0 Å². The molecule has 0 fully saturated rings. The Morgan fingerprint density at radius 2 is 1.69 bits per heavy atom. The summed E-state index contributed by atoms with van der Waals surface area (Å²) in [6, 6.07) is 16.3. The molecule has 11 heteroatoms. The van der Waals surface area contributed by atoms with Crippen LogP contribution < -0.4 is 20.2 Å². The van der Waals surface area contributed by atoms with Crippen LogP contribution in [0.2, 0.25) is 0 Å². The molecule has 0 saturated carbocycles. The summed E-state index contributed by atoms with van der Waals surface area (Å²) in [7, 11) is 2.95. The van der Waals surface area contributed by atoms with Gasteiger partial charge in [0.25, 0.3) is 11.6 Å². The summed E-state index contributed by atoms with van der Waals surface area (Å²) in [4.78, 5) is 36.1. The molecule has 0 aliphatic carbocycles. The van der Waals surface area contributed by atoms with Crippen LogP contribution in [0.25, 0.3) is 0 Å². The summed E-state index contributed by atoms with van der Waals surface area (Å²) in [6.45, 7) is 1.39. The molecule has 35 heavy (non-hydrogen) atoms. The third-order valence-corrected chi connectivity index (χ3v) is 5.73. The summed E-state index contributed by atoms with van der Waals surface area (Å²) in [6.07, 6.45) is 1.31. The molecule has 10 nitrogen and oxygen atoms in total. The van der Waals surface area contributed by atoms with Gasteiger partial charge in [-0.1, -0.05) is 30.0 Å². The quantitative estimate of drug-likeness (QED) is 0.254. The lowest BCUT2D eigenvalue weighted by Crippen LogP contribution is -2.17. The van der Waals surface area contributed by atoms with Crippen LogP contribution in [0, 0.1) is 10.1 Å². The SMILES string of the molecule is COc1cc(OC)cc(C(=O)NN=Cc2ccc(Sc3ccccc3NC(C)=O)c([N+](=O)[O-])c2)c1. The molecule has 3 aromatic rings. The number of nitro benzene ring substituents is 1. The molecular weight excluding hydrogens is 472 g/mol. The minimum absolute atomic E-state index is 0.138. The van der Waals surface area contributed by atoms with Crippen molar-refractivity contribution in [2.24, 2.45) is 5.10 Å². The molecule has 0 spiro atoms. The Bertz CT molecular complexity index is 1270. The van der Waals surface area contributed by atoms with E-state index in [9.17, 15) is 19.7 Å². The number of carbonyl (C=O) groups is 2. The van der Waals surface area contributed by atoms with Gasteiger partial charge in [0, 0.05) is 35.1 Å². The van der Waals surface area contributed by atoms with Crippen molar-refractivity contribution in [2.45, 2.75) is 16.7 Å². The average Bonchev–Trinajstić information content (AvgIpc) is 2.85. The minimum atomic E-state index is -0.505. The molecule has 0 bridgehead atoms. The highest BCUT2D eigenvalue weighted by Crippen LogP contribution is 2.38. The van der Waals surface area contributed by atoms with Crippen molar-refractivity contribution in [2.75, 3.05) is 19.5 Å². The molecule has 3 rings (SSSR count). The predicted octanol–water partition coefficient (Wildman–Crippen LogP) is 4.49. The van der Waals surface area contributed by atoms with Gasteiger partial charge < -0.3 is 14.8 Å². The number of hydrogen-bond donors (Lipinski definition) is 2. The molecule has 0 radical (unpaired) electrons. The van der Waals surface area contributed by atoms with Crippen LogP contribution in [0.15, 0.2) is 75.6 Å². The Morgan fingerprint density at radius 1 is 1.00 bits per heavy atom. The summed E-state index contributed by atoms with van der Waals surface area (Å²) < 4.78 is 10.3. The maximum absolute atomic E-state index is 12.4. The topological polar surface area (TPSA) is 132 Å². The molecule has 2 amide bonds. The number of benzene rings is 3. The van der Waals surface area contributed by atoms with Crippen LogP contribution in [0.1, 0.15) is 22.8 Å². The first-order valence-electron chi connectivity index (χ1n) is 10.2. The number of amides is 2. The van der Waals surface area contributed by atoms with Crippen molar-refractivity contribution in [3.8, 4) is 11.5 Å². The van der Waals surface area contributed by atoms with E-state index in [1.807, 2.05) is 0 Å². The molecule has 2 N–H and O–H groups in total. The number of methoxy groups -OCH3 is 2. The number of ether oxygens (including phenoxy) is 2. The van der Waals surface area contributed by atoms with E-state index in [0.29, 0.717) is 32.5 Å². The number of hydrazone groups is 1. The monoisotopic (exact) mass is 494 g/mol. The second kappa shape index (κ2) is 11.7. The van der Waals surface area contributed by atoms with Crippen molar-refractivity contribution in [3.63, 3.8) is 0 Å². The Balaban J connectivity index is 1.78. The molecule has 0 saturated heterocycles. The van der Waals surface area contributed by atoms with Crippen molar-refractivity contribution in [3.05, 3.63) is 81.9 Å². The smallest absolute Gasteiger partial charge is 0.283 e. The predicted molar refractivity (Wildman–Crippen MR) is 133 cm³/mol. The van der Waals surface area contributed by atoms with Crippen LogP contribution in [0.4, 0.5) is 11.4 Å². The summed E-state index contributed by atoms with van der Waals surface area (Å²) in [5.74, 6) is 0.146. The summed E-state index contributed by atoms with van der Waals surface area (Å²) in [5.41, 5.74) is 3.49. The highest BCUT2D eigenvalue weighted by molar-refractivity contribution is 7.99. The van der Waals surface area contributed by atoms with Crippen LogP contribution in [0.5, 0.6) is 11.5 Å². The Labute approximate surface area is 205 Å². The first kappa shape index (κ1) is 25.2. The van der Waals surface area contributed by atoms with Crippen molar-refractivity contribution < 1.29 is 24.0 Å². The van der Waals surface area contributed by atoms with Crippen LogP contribution in [0.3, 0.4) is 0 Å². The van der Waals surface area contributed by atoms with Gasteiger partial charge >= 0.3 is 0 Å². The van der Waals surface area contributed by atoms with E-state index in [4.69, 9.17) is 9.47 Å². The Kier molecular flexibility index (Phi) is 8.41. The zero-order valence-electron chi connectivity index (χ0n) is 19.1. The second-order valence-electron chi connectivity index (χ2n) is 7.06. The third-order valence-electron chi connectivity index (χ3n) is 4.59. The highest BCUT2D eigenvalue weighted by atomic mass is 32.2. The number of nitrogens with zero attached hydrogens (tertiary/aromatic N) is 2. The fourth-order valence-corrected chi connectivity index (χ4v) is 3.97. The van der Waals surface area contributed by atoms with Crippen LogP contribution in [-0.2, 0) is 4.79 Å². The molecule has 0 unspecified atom stereocenters. The molecule has 0 aromatic heterocycles. The maximum atomic E-state index is 12.4. The van der Waals surface area contributed by atoms with Gasteiger partial charge in [-0.3, -0.25) is 19.7 Å². The van der Waals surface area contributed by atoms with Gasteiger partial charge in [-0.05, 0) is 30.3 Å². The van der Waals surface area contributed by atoms with Crippen LogP contribution >= 0.6 is 11.8 Å². The Hall–Kier alpha value is -4.38. The lowest BCUT2D eigenvalue weighted by molar-refractivity contribution is -0.387. The van der Waals surface area contributed by atoms with E-state index in [-0.39, 0.29) is 17.2 Å². The lowest BCUT2D eigenvalue weighted by atomic mass is 10.2. The van der Waals surface area contributed by atoms with Gasteiger partial charge in [-0.15, -0.1) is 0 Å². The fourth-order valence-electron chi connectivity index (χ4n) is 2.98. The fraction of sp³-hybridized carbons (Fsp3) is 0.125. The van der Waals surface area contributed by atoms with Gasteiger partial charge in [0.15, 0.2) is 0 Å². The van der Waals surface area contributed by atoms with Crippen molar-refractivity contribution >= 4 is 41.2 Å². The van der Waals surface area contributed by atoms with Crippen molar-refractivity contribution in [1.82, 2.24) is 5.43 Å². The van der Waals surface area contributed by atoms with Crippen LogP contribution in [-0.4, -0.2) is 37.2 Å². The lowest BCUT2D eigenvalue weighted by Gasteiger charge is -2.10. The number of para-hydroxylation sites is 1. The van der Waals surface area contributed by atoms with E-state index in [2.05, 4.69) is 15.8 Å². The van der Waals surface area contributed by atoms with Gasteiger partial charge in [0.1, 0.15) is 11.5 Å². The number of carbonyl (C=O) groups excluding carboxylic acids is 2. The number of hydrogen-bond acceptors (Lipinski definition) is 8. The molecule has 0 aliphatic rings. The first-order valence-corrected chi connectivity index (χ1v) is 11.0. The number of rotatable bonds is 9. The Morgan fingerprint density at radius 3 is 2.31 bits per heavy atom. The summed E-state index contributed by atoms with van der Waals surface area (Å²) >= 11 is 1.16. The second-order valence-corrected chi connectivity index (χ2v) is 8.15. The molecule has 0 heterocycles. The molecule has 3 aromatic carbocycles. The van der Waals surface area contributed by atoms with Gasteiger partial charge in [-0.25, -0.2) is 5.43 Å². The standard InChI is InChI=1S/C24H22N4O6S/c1-15(29)26-20-6-4-5-7-22(20)35-23-9-8-16(10-21(23)28(31)32)14-25-27-24(30)17-11-18(33-2)13-19(12-17)34-3/h4-14H,1-3H3,(H,26,29)(H,27,30). The third kappa shape index (κ3) is 6.81. The van der Waals surface area contributed by atoms with E-state index in [1.54, 1.807) is 42.5 Å². The van der Waals surface area contributed by atoms with Gasteiger partial charge in [0.05, 0.1) is 35.9 Å². The number of anilines is 1. The molecule has 0 aliphatic heterocycles. The van der Waals surface area contributed by atoms with E-state index in [1.165, 1.54) is 45.6 Å².